The molecule has 0 unspecified atom stereocenters. The van der Waals surface area contributed by atoms with Crippen LogP contribution < -0.4 is 11.1 Å². The molecule has 5 heteroatoms. The minimum atomic E-state index is -0.550. The molecule has 0 aliphatic heterocycles. The number of amides is 1. The maximum absolute atomic E-state index is 10.9. The van der Waals surface area contributed by atoms with Crippen molar-refractivity contribution in [3.8, 4) is 0 Å². The van der Waals surface area contributed by atoms with Gasteiger partial charge in [-0.25, -0.2) is 0 Å². The Morgan fingerprint density at radius 1 is 1.40 bits per heavy atom. The molecular formula is C10H20N2O3. The summed E-state index contributed by atoms with van der Waals surface area (Å²) < 4.78 is 4.50. The first-order valence-electron chi connectivity index (χ1n) is 4.97. The van der Waals surface area contributed by atoms with E-state index in [0.717, 1.165) is 0 Å². The third-order valence-corrected chi connectivity index (χ3v) is 2.20. The normalized spacial score (nSPS) is 11.1. The second-order valence-electron chi connectivity index (χ2n) is 4.10. The Labute approximate surface area is 90.4 Å². The lowest BCUT2D eigenvalue weighted by Crippen LogP contribution is -2.40. The van der Waals surface area contributed by atoms with E-state index in [2.05, 4.69) is 10.1 Å². The van der Waals surface area contributed by atoms with Gasteiger partial charge in [0.2, 0.25) is 5.91 Å². The Balaban J connectivity index is 3.55. The molecule has 0 saturated carbocycles. The van der Waals surface area contributed by atoms with Crippen molar-refractivity contribution in [2.24, 2.45) is 11.1 Å². The molecule has 0 aromatic rings. The number of hydrogen-bond acceptors (Lipinski definition) is 4. The van der Waals surface area contributed by atoms with Crippen LogP contribution in [0.15, 0.2) is 0 Å². The molecule has 0 radical (unpaired) electrons. The smallest absolute Gasteiger partial charge is 0.305 e. The van der Waals surface area contributed by atoms with E-state index in [1.807, 2.05) is 0 Å². The first kappa shape index (κ1) is 13.9. The summed E-state index contributed by atoms with van der Waals surface area (Å²) >= 11 is 0. The minimum Gasteiger partial charge on any atom is -0.469 e. The average Bonchev–Trinajstić information content (AvgIpc) is 2.16. The third-order valence-electron chi connectivity index (χ3n) is 2.20. The lowest BCUT2D eigenvalue weighted by molar-refractivity contribution is -0.140. The molecule has 15 heavy (non-hydrogen) atoms. The monoisotopic (exact) mass is 216 g/mol. The van der Waals surface area contributed by atoms with Crippen molar-refractivity contribution >= 4 is 11.9 Å². The largest absolute Gasteiger partial charge is 0.469 e. The van der Waals surface area contributed by atoms with Crippen LogP contribution >= 0.6 is 0 Å². The van der Waals surface area contributed by atoms with Crippen LogP contribution in [-0.4, -0.2) is 32.1 Å². The molecule has 0 atom stereocenters. The molecule has 3 N–H and O–H groups in total. The van der Waals surface area contributed by atoms with Crippen molar-refractivity contribution in [2.45, 2.75) is 26.7 Å². The number of carbonyl (C=O) groups excluding carboxylic acids is 2. The lowest BCUT2D eigenvalue weighted by atomic mass is 9.93. The highest BCUT2D eigenvalue weighted by Gasteiger charge is 2.23. The van der Waals surface area contributed by atoms with E-state index < -0.39 is 5.41 Å². The van der Waals surface area contributed by atoms with Crippen LogP contribution in [0.4, 0.5) is 0 Å². The summed E-state index contributed by atoms with van der Waals surface area (Å²) in [4.78, 5) is 21.7. The molecule has 0 heterocycles. The number of primary amides is 1. The Bertz CT molecular complexity index is 227. The predicted molar refractivity (Wildman–Crippen MR) is 57.1 cm³/mol. The number of ether oxygens (including phenoxy) is 1. The van der Waals surface area contributed by atoms with E-state index in [0.29, 0.717) is 25.9 Å². The van der Waals surface area contributed by atoms with Crippen LogP contribution in [0, 0.1) is 5.41 Å². The van der Waals surface area contributed by atoms with Gasteiger partial charge in [0.25, 0.3) is 0 Å². The fourth-order valence-electron chi connectivity index (χ4n) is 0.948. The number of methoxy groups -OCH3 is 1. The van der Waals surface area contributed by atoms with Gasteiger partial charge < -0.3 is 15.8 Å². The molecule has 88 valence electrons. The van der Waals surface area contributed by atoms with Crippen LogP contribution in [0.3, 0.4) is 0 Å². The minimum absolute atomic E-state index is 0.217. The van der Waals surface area contributed by atoms with E-state index in [1.54, 1.807) is 13.8 Å². The molecule has 5 nitrogen and oxygen atoms in total. The standard InChI is InChI=1S/C10H20N2O3/c1-10(2,9(11)14)7-12-6-4-5-8(13)15-3/h12H,4-7H2,1-3H3,(H2,11,14). The van der Waals surface area contributed by atoms with E-state index >= 15 is 0 Å². The maximum Gasteiger partial charge on any atom is 0.305 e. The third kappa shape index (κ3) is 6.06. The SMILES string of the molecule is COC(=O)CCCNCC(C)(C)C(N)=O. The summed E-state index contributed by atoms with van der Waals surface area (Å²) in [5.41, 5.74) is 4.65. The quantitative estimate of drug-likeness (QED) is 0.465. The van der Waals surface area contributed by atoms with Crippen LogP contribution in [0.2, 0.25) is 0 Å². The molecule has 0 fully saturated rings. The van der Waals surface area contributed by atoms with E-state index in [1.165, 1.54) is 7.11 Å². The van der Waals surface area contributed by atoms with Crippen molar-refractivity contribution in [3.05, 3.63) is 0 Å². The summed E-state index contributed by atoms with van der Waals surface area (Å²) in [5, 5.41) is 3.08. The number of nitrogens with two attached hydrogens (primary N) is 1. The van der Waals surface area contributed by atoms with E-state index in [9.17, 15) is 9.59 Å². The average molecular weight is 216 g/mol. The van der Waals surface area contributed by atoms with Gasteiger partial charge in [-0.1, -0.05) is 0 Å². The first-order valence-corrected chi connectivity index (χ1v) is 4.97. The fraction of sp³-hybridized carbons (Fsp3) is 0.800. The van der Waals surface area contributed by atoms with Gasteiger partial charge >= 0.3 is 5.97 Å². The Hall–Kier alpha value is -1.10. The topological polar surface area (TPSA) is 81.4 Å². The van der Waals surface area contributed by atoms with Crippen LogP contribution in [0.5, 0.6) is 0 Å². The fourth-order valence-corrected chi connectivity index (χ4v) is 0.948. The summed E-state index contributed by atoms with van der Waals surface area (Å²) in [6.45, 7) is 4.75. The van der Waals surface area contributed by atoms with E-state index in [4.69, 9.17) is 5.73 Å². The number of carbonyl (C=O) groups is 2. The highest BCUT2D eigenvalue weighted by Crippen LogP contribution is 2.11. The number of nitrogens with one attached hydrogen (secondary N) is 1. The Morgan fingerprint density at radius 3 is 2.47 bits per heavy atom. The van der Waals surface area contributed by atoms with Gasteiger partial charge in [-0.2, -0.15) is 0 Å². The highest BCUT2D eigenvalue weighted by atomic mass is 16.5. The lowest BCUT2D eigenvalue weighted by Gasteiger charge is -2.20. The van der Waals surface area contributed by atoms with Crippen molar-refractivity contribution in [1.82, 2.24) is 5.32 Å². The molecule has 0 aliphatic rings. The Morgan fingerprint density at radius 2 is 2.00 bits per heavy atom. The molecule has 0 aromatic heterocycles. The van der Waals surface area contributed by atoms with Gasteiger partial charge in [0.1, 0.15) is 0 Å². The number of rotatable bonds is 7. The zero-order valence-corrected chi connectivity index (χ0v) is 9.63. The molecule has 0 spiro atoms. The van der Waals surface area contributed by atoms with Crippen LogP contribution in [-0.2, 0) is 14.3 Å². The highest BCUT2D eigenvalue weighted by molar-refractivity contribution is 5.80. The molecule has 0 rings (SSSR count). The second-order valence-corrected chi connectivity index (χ2v) is 4.10. The maximum atomic E-state index is 10.9. The molecular weight excluding hydrogens is 196 g/mol. The molecule has 1 amide bonds. The molecule has 0 saturated heterocycles. The summed E-state index contributed by atoms with van der Waals surface area (Å²) in [5.74, 6) is -0.547. The summed E-state index contributed by atoms with van der Waals surface area (Å²) in [6, 6.07) is 0. The summed E-state index contributed by atoms with van der Waals surface area (Å²) in [6.07, 6.45) is 1.09. The van der Waals surface area contributed by atoms with Gasteiger partial charge in [-0.3, -0.25) is 9.59 Å². The van der Waals surface area contributed by atoms with Gasteiger partial charge in [0, 0.05) is 13.0 Å². The first-order chi connectivity index (χ1) is 6.90. The number of hydrogen-bond donors (Lipinski definition) is 2. The van der Waals surface area contributed by atoms with Crippen molar-refractivity contribution in [2.75, 3.05) is 20.2 Å². The molecule has 0 aliphatic carbocycles. The summed E-state index contributed by atoms with van der Waals surface area (Å²) in [7, 11) is 1.37. The van der Waals surface area contributed by atoms with Crippen LogP contribution in [0.1, 0.15) is 26.7 Å². The molecule has 0 aromatic carbocycles. The van der Waals surface area contributed by atoms with Gasteiger partial charge in [0.15, 0.2) is 0 Å². The van der Waals surface area contributed by atoms with Gasteiger partial charge in [-0.15, -0.1) is 0 Å². The van der Waals surface area contributed by atoms with Crippen LogP contribution in [0.25, 0.3) is 0 Å². The van der Waals surface area contributed by atoms with Gasteiger partial charge in [0.05, 0.1) is 12.5 Å². The predicted octanol–water partition coefficient (Wildman–Crippen LogP) is 0.0407. The second kappa shape index (κ2) is 6.40. The van der Waals surface area contributed by atoms with Crippen molar-refractivity contribution < 1.29 is 14.3 Å². The number of esters is 1. The zero-order chi connectivity index (χ0) is 11.9. The molecule has 0 bridgehead atoms. The van der Waals surface area contributed by atoms with Gasteiger partial charge in [-0.05, 0) is 26.8 Å². The van der Waals surface area contributed by atoms with E-state index in [-0.39, 0.29) is 11.9 Å². The van der Waals surface area contributed by atoms with Crippen molar-refractivity contribution in [1.29, 1.82) is 0 Å². The zero-order valence-electron chi connectivity index (χ0n) is 9.63. The van der Waals surface area contributed by atoms with Crippen molar-refractivity contribution in [3.63, 3.8) is 0 Å². The Kier molecular flexibility index (Phi) is 5.93.